The third kappa shape index (κ3) is 4.24. The lowest BCUT2D eigenvalue weighted by Crippen LogP contribution is -2.41. The molecule has 21 heavy (non-hydrogen) atoms. The molecule has 0 spiro atoms. The predicted octanol–water partition coefficient (Wildman–Crippen LogP) is 2.56. The van der Waals surface area contributed by atoms with Crippen LogP contribution >= 0.6 is 22.7 Å². The maximum absolute atomic E-state index is 11.9. The maximum Gasteiger partial charge on any atom is 0.326 e. The summed E-state index contributed by atoms with van der Waals surface area (Å²) in [4.78, 5) is 27.2. The van der Waals surface area contributed by atoms with Gasteiger partial charge < -0.3 is 10.4 Å². The van der Waals surface area contributed by atoms with E-state index in [0.29, 0.717) is 5.69 Å². The summed E-state index contributed by atoms with van der Waals surface area (Å²) in [6.07, 6.45) is 1.73. The van der Waals surface area contributed by atoms with Gasteiger partial charge in [-0.3, -0.25) is 4.79 Å². The molecule has 7 heteroatoms. The molecule has 0 aliphatic carbocycles. The number of aromatic nitrogens is 1. The second-order valence-electron chi connectivity index (χ2n) is 4.32. The molecule has 2 N–H and O–H groups in total. The molecule has 110 valence electrons. The van der Waals surface area contributed by atoms with Crippen LogP contribution in [0.15, 0.2) is 34.9 Å². The van der Waals surface area contributed by atoms with Gasteiger partial charge in [0.05, 0.1) is 12.1 Å². The number of amides is 1. The monoisotopic (exact) mass is 322 g/mol. The number of thiophene rings is 1. The number of carbonyl (C=O) groups excluding carboxylic acids is 1. The highest BCUT2D eigenvalue weighted by Crippen LogP contribution is 2.25. The standard InChI is InChI=1S/C14H14N2O3S2/c1-2-3-11(14(18)19)16-12(17)6-10-8-21-13(15-10)9-4-5-20-7-9/h2,4-5,7-8,11H,1,3,6H2,(H,16,17)(H,18,19). The van der Waals surface area contributed by atoms with Crippen LogP contribution in [0.5, 0.6) is 0 Å². The zero-order chi connectivity index (χ0) is 15.2. The third-order valence-electron chi connectivity index (χ3n) is 2.70. The SMILES string of the molecule is C=CCC(NC(=O)Cc1csc(-c2ccsc2)n1)C(=O)O. The number of carbonyl (C=O) groups is 2. The van der Waals surface area contributed by atoms with E-state index < -0.39 is 12.0 Å². The van der Waals surface area contributed by atoms with Gasteiger partial charge in [0.25, 0.3) is 0 Å². The summed E-state index contributed by atoms with van der Waals surface area (Å²) in [5.41, 5.74) is 1.67. The number of hydrogen-bond donors (Lipinski definition) is 2. The van der Waals surface area contributed by atoms with Crippen LogP contribution in [0.4, 0.5) is 0 Å². The van der Waals surface area contributed by atoms with Gasteiger partial charge in [0.2, 0.25) is 5.91 Å². The van der Waals surface area contributed by atoms with Crippen LogP contribution in [0.3, 0.4) is 0 Å². The lowest BCUT2D eigenvalue weighted by atomic mass is 10.2. The van der Waals surface area contributed by atoms with Gasteiger partial charge in [-0.2, -0.15) is 11.3 Å². The van der Waals surface area contributed by atoms with Crippen LogP contribution in [0, 0.1) is 0 Å². The van der Waals surface area contributed by atoms with Gasteiger partial charge in [0, 0.05) is 16.3 Å². The van der Waals surface area contributed by atoms with Crippen molar-refractivity contribution in [3.05, 3.63) is 40.6 Å². The molecule has 5 nitrogen and oxygen atoms in total. The van der Waals surface area contributed by atoms with Gasteiger partial charge in [-0.05, 0) is 17.9 Å². The van der Waals surface area contributed by atoms with Gasteiger partial charge in [0.1, 0.15) is 11.0 Å². The molecule has 1 amide bonds. The largest absolute Gasteiger partial charge is 0.480 e. The Bertz CT molecular complexity index is 634. The number of carboxylic acid groups (broad SMARTS) is 1. The molecule has 1 unspecified atom stereocenters. The number of carboxylic acids is 1. The molecule has 2 aromatic rings. The molecule has 0 saturated heterocycles. The van der Waals surface area contributed by atoms with Crippen molar-refractivity contribution in [2.24, 2.45) is 0 Å². The second kappa shape index (κ2) is 7.14. The number of rotatable bonds is 7. The minimum absolute atomic E-state index is 0.0710. The minimum atomic E-state index is -1.07. The van der Waals surface area contributed by atoms with Crippen molar-refractivity contribution in [1.82, 2.24) is 10.3 Å². The van der Waals surface area contributed by atoms with Crippen molar-refractivity contribution < 1.29 is 14.7 Å². The third-order valence-corrected chi connectivity index (χ3v) is 4.32. The highest BCUT2D eigenvalue weighted by atomic mass is 32.1. The maximum atomic E-state index is 11.9. The zero-order valence-corrected chi connectivity index (χ0v) is 12.7. The van der Waals surface area contributed by atoms with Crippen molar-refractivity contribution in [2.75, 3.05) is 0 Å². The Balaban J connectivity index is 1.96. The fourth-order valence-electron chi connectivity index (χ4n) is 1.70. The van der Waals surface area contributed by atoms with Gasteiger partial charge in [-0.15, -0.1) is 17.9 Å². The first-order valence-electron chi connectivity index (χ1n) is 6.20. The molecule has 0 radical (unpaired) electrons. The topological polar surface area (TPSA) is 79.3 Å². The second-order valence-corrected chi connectivity index (χ2v) is 5.95. The fourth-order valence-corrected chi connectivity index (χ4v) is 3.24. The molecular weight excluding hydrogens is 308 g/mol. The minimum Gasteiger partial charge on any atom is -0.480 e. The number of nitrogens with one attached hydrogen (secondary N) is 1. The zero-order valence-electron chi connectivity index (χ0n) is 11.1. The molecule has 2 aromatic heterocycles. The number of aliphatic carboxylic acids is 1. The lowest BCUT2D eigenvalue weighted by molar-refractivity contribution is -0.141. The molecular formula is C14H14N2O3S2. The molecule has 0 aliphatic rings. The lowest BCUT2D eigenvalue weighted by Gasteiger charge is -2.11. The summed E-state index contributed by atoms with van der Waals surface area (Å²) >= 11 is 3.06. The Morgan fingerprint density at radius 2 is 2.29 bits per heavy atom. The smallest absolute Gasteiger partial charge is 0.326 e. The van der Waals surface area contributed by atoms with Crippen molar-refractivity contribution in [3.8, 4) is 10.6 Å². The first-order valence-corrected chi connectivity index (χ1v) is 8.02. The summed E-state index contributed by atoms with van der Waals surface area (Å²) < 4.78 is 0. The van der Waals surface area contributed by atoms with Gasteiger partial charge in [-0.1, -0.05) is 6.08 Å². The molecule has 0 saturated carbocycles. The average molecular weight is 322 g/mol. The van der Waals surface area contributed by atoms with Crippen LogP contribution in [-0.2, 0) is 16.0 Å². The van der Waals surface area contributed by atoms with E-state index in [2.05, 4.69) is 16.9 Å². The Hall–Kier alpha value is -1.99. The summed E-state index contributed by atoms with van der Waals surface area (Å²) in [6, 6.07) is 1.03. The highest BCUT2D eigenvalue weighted by Gasteiger charge is 2.19. The molecule has 0 bridgehead atoms. The van der Waals surface area contributed by atoms with E-state index in [4.69, 9.17) is 5.11 Å². The summed E-state index contributed by atoms with van der Waals surface area (Å²) in [5, 5.41) is 18.1. The summed E-state index contributed by atoms with van der Waals surface area (Å²) in [6.45, 7) is 3.48. The van der Waals surface area contributed by atoms with E-state index in [0.717, 1.165) is 10.6 Å². The number of nitrogens with zero attached hydrogens (tertiary/aromatic N) is 1. The van der Waals surface area contributed by atoms with Gasteiger partial charge in [0.15, 0.2) is 0 Å². The van der Waals surface area contributed by atoms with Crippen LogP contribution in [-0.4, -0.2) is 28.0 Å². The Labute approximate surface area is 130 Å². The van der Waals surface area contributed by atoms with Crippen LogP contribution in [0.1, 0.15) is 12.1 Å². The molecule has 2 heterocycles. The van der Waals surface area contributed by atoms with E-state index in [1.807, 2.05) is 22.2 Å². The first-order chi connectivity index (χ1) is 10.1. The predicted molar refractivity (Wildman–Crippen MR) is 83.5 cm³/mol. The van der Waals surface area contributed by atoms with Crippen LogP contribution in [0.25, 0.3) is 10.6 Å². The highest BCUT2D eigenvalue weighted by molar-refractivity contribution is 7.14. The molecule has 0 aliphatic heterocycles. The van der Waals surface area contributed by atoms with Crippen molar-refractivity contribution in [1.29, 1.82) is 0 Å². The van der Waals surface area contributed by atoms with Gasteiger partial charge >= 0.3 is 5.97 Å². The average Bonchev–Trinajstić information content (AvgIpc) is 3.08. The molecule has 0 aromatic carbocycles. The van der Waals surface area contributed by atoms with E-state index in [9.17, 15) is 9.59 Å². The molecule has 0 fully saturated rings. The van der Waals surface area contributed by atoms with Gasteiger partial charge in [-0.25, -0.2) is 9.78 Å². The summed E-state index contributed by atoms with van der Waals surface area (Å²) in [7, 11) is 0. The first kappa shape index (κ1) is 15.4. The van der Waals surface area contributed by atoms with E-state index in [1.54, 1.807) is 11.3 Å². The Kier molecular flexibility index (Phi) is 5.24. The van der Waals surface area contributed by atoms with Crippen LogP contribution < -0.4 is 5.32 Å². The van der Waals surface area contributed by atoms with Crippen molar-refractivity contribution in [2.45, 2.75) is 18.9 Å². The normalized spacial score (nSPS) is 11.8. The van der Waals surface area contributed by atoms with Crippen molar-refractivity contribution >= 4 is 34.6 Å². The Morgan fingerprint density at radius 1 is 1.48 bits per heavy atom. The molecule has 2 rings (SSSR count). The Morgan fingerprint density at radius 3 is 2.90 bits per heavy atom. The number of thiazole rings is 1. The van der Waals surface area contributed by atoms with E-state index in [-0.39, 0.29) is 18.7 Å². The summed E-state index contributed by atoms with van der Waals surface area (Å²) in [5.74, 6) is -1.42. The quantitative estimate of drug-likeness (QED) is 0.768. The fraction of sp³-hybridized carbons (Fsp3) is 0.214. The van der Waals surface area contributed by atoms with Crippen LogP contribution in [0.2, 0.25) is 0 Å². The van der Waals surface area contributed by atoms with Crippen molar-refractivity contribution in [3.63, 3.8) is 0 Å². The molecule has 1 atom stereocenters. The number of hydrogen-bond acceptors (Lipinski definition) is 5. The van der Waals surface area contributed by atoms with E-state index in [1.165, 1.54) is 17.4 Å². The van der Waals surface area contributed by atoms with E-state index >= 15 is 0 Å².